The van der Waals surface area contributed by atoms with Gasteiger partial charge in [-0.15, -0.1) is 0 Å². The molecule has 1 unspecified atom stereocenters. The summed E-state index contributed by atoms with van der Waals surface area (Å²) in [7, 11) is 0. The number of rotatable bonds is 5. The normalized spacial score (nSPS) is 27.4. The van der Waals surface area contributed by atoms with Gasteiger partial charge in [-0.1, -0.05) is 17.9 Å². The number of likely N-dealkylation sites (tertiary alicyclic amines) is 1. The SMILES string of the molecule is NC1CCC(CN2CCC(OCC#Cc3cccc4c3CN(C3CCC(=O)NC3=O)C4=O)CC2)CC1. The molecule has 4 aliphatic rings. The first-order valence-corrected chi connectivity index (χ1v) is 13.3. The van der Waals surface area contributed by atoms with Gasteiger partial charge in [-0.2, -0.15) is 0 Å². The zero-order valence-electron chi connectivity index (χ0n) is 20.8. The number of benzene rings is 1. The molecule has 1 saturated carbocycles. The largest absolute Gasteiger partial charge is 0.365 e. The van der Waals surface area contributed by atoms with Crippen molar-refractivity contribution in [1.29, 1.82) is 0 Å². The number of carbonyl (C=O) groups is 3. The topological polar surface area (TPSA) is 105 Å². The molecule has 0 aromatic heterocycles. The Hall–Kier alpha value is -2.73. The number of piperidine rings is 2. The van der Waals surface area contributed by atoms with Crippen molar-refractivity contribution >= 4 is 17.7 Å². The lowest BCUT2D eigenvalue weighted by Gasteiger charge is -2.35. The zero-order valence-corrected chi connectivity index (χ0v) is 20.8. The number of carbonyl (C=O) groups excluding carboxylic acids is 3. The highest BCUT2D eigenvalue weighted by atomic mass is 16.5. The summed E-state index contributed by atoms with van der Waals surface area (Å²) in [6, 6.07) is 5.30. The van der Waals surface area contributed by atoms with E-state index in [0.717, 1.165) is 55.8 Å². The summed E-state index contributed by atoms with van der Waals surface area (Å²) in [6.07, 6.45) is 7.74. The molecule has 3 fully saturated rings. The van der Waals surface area contributed by atoms with Crippen LogP contribution in [0.1, 0.15) is 72.9 Å². The van der Waals surface area contributed by atoms with Crippen molar-refractivity contribution in [2.45, 2.75) is 76.1 Å². The second-order valence-corrected chi connectivity index (χ2v) is 10.6. The van der Waals surface area contributed by atoms with Crippen molar-refractivity contribution < 1.29 is 19.1 Å². The molecule has 3 aliphatic heterocycles. The lowest BCUT2D eigenvalue weighted by atomic mass is 9.86. The van der Waals surface area contributed by atoms with Crippen LogP contribution in [0.5, 0.6) is 0 Å². The molecule has 1 aliphatic carbocycles. The van der Waals surface area contributed by atoms with Gasteiger partial charge in [0.25, 0.3) is 5.91 Å². The van der Waals surface area contributed by atoms with E-state index in [-0.39, 0.29) is 24.3 Å². The average Bonchev–Trinajstić information content (AvgIpc) is 3.21. The number of nitrogens with two attached hydrogens (primary N) is 1. The third-order valence-corrected chi connectivity index (χ3v) is 8.14. The van der Waals surface area contributed by atoms with Gasteiger partial charge >= 0.3 is 0 Å². The fourth-order valence-electron chi connectivity index (χ4n) is 5.99. The Kier molecular flexibility index (Phi) is 7.70. The van der Waals surface area contributed by atoms with Gasteiger partial charge in [0.15, 0.2) is 0 Å². The minimum absolute atomic E-state index is 0.178. The summed E-state index contributed by atoms with van der Waals surface area (Å²) in [5, 5.41) is 2.34. The number of fused-ring (bicyclic) bond motifs is 1. The molecule has 1 atom stereocenters. The Bertz CT molecular complexity index is 1060. The predicted octanol–water partition coefficient (Wildman–Crippen LogP) is 1.80. The van der Waals surface area contributed by atoms with E-state index in [1.807, 2.05) is 12.1 Å². The third kappa shape index (κ3) is 5.64. The van der Waals surface area contributed by atoms with E-state index >= 15 is 0 Å². The minimum Gasteiger partial charge on any atom is -0.365 e. The Balaban J connectivity index is 1.10. The van der Waals surface area contributed by atoms with Crippen molar-refractivity contribution in [3.8, 4) is 11.8 Å². The van der Waals surface area contributed by atoms with Crippen LogP contribution >= 0.6 is 0 Å². The molecule has 1 aromatic rings. The van der Waals surface area contributed by atoms with Gasteiger partial charge in [-0.25, -0.2) is 0 Å². The molecular weight excluding hydrogens is 456 g/mol. The molecule has 3 heterocycles. The first-order valence-electron chi connectivity index (χ1n) is 13.3. The summed E-state index contributed by atoms with van der Waals surface area (Å²) in [5.74, 6) is 6.24. The number of amides is 3. The van der Waals surface area contributed by atoms with E-state index in [9.17, 15) is 14.4 Å². The maximum absolute atomic E-state index is 13.0. The van der Waals surface area contributed by atoms with E-state index in [0.29, 0.717) is 31.2 Å². The predicted molar refractivity (Wildman–Crippen MR) is 135 cm³/mol. The average molecular weight is 493 g/mol. The zero-order chi connectivity index (χ0) is 25.1. The van der Waals surface area contributed by atoms with Crippen molar-refractivity contribution in [3.05, 3.63) is 34.9 Å². The van der Waals surface area contributed by atoms with Crippen LogP contribution in [0.25, 0.3) is 0 Å². The Labute approximate surface area is 212 Å². The highest BCUT2D eigenvalue weighted by Crippen LogP contribution is 2.29. The summed E-state index contributed by atoms with van der Waals surface area (Å²) in [4.78, 5) is 40.9. The van der Waals surface area contributed by atoms with Gasteiger partial charge in [-0.3, -0.25) is 19.7 Å². The van der Waals surface area contributed by atoms with Gasteiger partial charge < -0.3 is 20.3 Å². The first-order chi connectivity index (χ1) is 17.5. The number of imide groups is 1. The maximum atomic E-state index is 13.0. The van der Waals surface area contributed by atoms with Gasteiger partial charge in [0.2, 0.25) is 11.8 Å². The monoisotopic (exact) mass is 492 g/mol. The Morgan fingerprint density at radius 2 is 1.81 bits per heavy atom. The van der Waals surface area contributed by atoms with E-state index < -0.39 is 11.9 Å². The fraction of sp³-hybridized carbons (Fsp3) is 0.607. The van der Waals surface area contributed by atoms with Crippen LogP contribution in [0.3, 0.4) is 0 Å². The number of hydrogen-bond acceptors (Lipinski definition) is 6. The second kappa shape index (κ2) is 11.1. The Morgan fingerprint density at radius 1 is 1.03 bits per heavy atom. The number of hydrogen-bond donors (Lipinski definition) is 2. The highest BCUT2D eigenvalue weighted by molar-refractivity contribution is 6.05. The second-order valence-electron chi connectivity index (χ2n) is 10.6. The molecule has 0 radical (unpaired) electrons. The molecule has 5 rings (SSSR count). The van der Waals surface area contributed by atoms with Crippen LogP contribution in [0.4, 0.5) is 0 Å². The smallest absolute Gasteiger partial charge is 0.255 e. The molecule has 36 heavy (non-hydrogen) atoms. The summed E-state index contributed by atoms with van der Waals surface area (Å²) in [6.45, 7) is 4.03. The molecule has 8 heteroatoms. The number of nitrogens with one attached hydrogen (secondary N) is 1. The molecule has 0 spiro atoms. The molecule has 3 amide bonds. The molecule has 192 valence electrons. The van der Waals surface area contributed by atoms with Gasteiger partial charge in [0.1, 0.15) is 12.6 Å². The molecule has 3 N–H and O–H groups in total. The van der Waals surface area contributed by atoms with Crippen LogP contribution < -0.4 is 11.1 Å². The van der Waals surface area contributed by atoms with Crippen molar-refractivity contribution in [2.24, 2.45) is 11.7 Å². The summed E-state index contributed by atoms with van der Waals surface area (Å²) in [5.41, 5.74) is 8.26. The van der Waals surface area contributed by atoms with Gasteiger partial charge in [-0.05, 0) is 68.6 Å². The first kappa shape index (κ1) is 24.9. The van der Waals surface area contributed by atoms with Gasteiger partial charge in [0, 0.05) is 49.8 Å². The number of nitrogens with zero attached hydrogens (tertiary/aromatic N) is 2. The van der Waals surface area contributed by atoms with E-state index in [1.165, 1.54) is 19.4 Å². The molecule has 0 bridgehead atoms. The summed E-state index contributed by atoms with van der Waals surface area (Å²) < 4.78 is 6.06. The molecule has 1 aromatic carbocycles. The maximum Gasteiger partial charge on any atom is 0.255 e. The lowest BCUT2D eigenvalue weighted by molar-refractivity contribution is -0.136. The Morgan fingerprint density at radius 3 is 2.56 bits per heavy atom. The van der Waals surface area contributed by atoms with Gasteiger partial charge in [0.05, 0.1) is 6.10 Å². The van der Waals surface area contributed by atoms with Crippen LogP contribution in [0.2, 0.25) is 0 Å². The minimum atomic E-state index is -0.617. The standard InChI is InChI=1S/C28H36N4O4/c29-21-8-6-19(7-9-21)17-31-14-12-22(13-15-31)36-16-2-4-20-3-1-5-23-24(20)18-32(28(23)35)25-10-11-26(33)30-27(25)34/h1,3,5,19,21-22,25H,6-18,29H2,(H,30,33,34). The highest BCUT2D eigenvalue weighted by Gasteiger charge is 2.39. The fourth-order valence-corrected chi connectivity index (χ4v) is 5.99. The molecule has 2 saturated heterocycles. The third-order valence-electron chi connectivity index (χ3n) is 8.14. The quantitative estimate of drug-likeness (QED) is 0.480. The molecule has 8 nitrogen and oxygen atoms in total. The van der Waals surface area contributed by atoms with E-state index in [1.54, 1.807) is 11.0 Å². The van der Waals surface area contributed by atoms with Crippen LogP contribution in [0, 0.1) is 17.8 Å². The van der Waals surface area contributed by atoms with E-state index in [2.05, 4.69) is 22.1 Å². The van der Waals surface area contributed by atoms with Crippen LogP contribution in [-0.2, 0) is 20.9 Å². The van der Waals surface area contributed by atoms with Crippen LogP contribution in [0.15, 0.2) is 18.2 Å². The van der Waals surface area contributed by atoms with E-state index in [4.69, 9.17) is 10.5 Å². The van der Waals surface area contributed by atoms with Crippen molar-refractivity contribution in [3.63, 3.8) is 0 Å². The molecular formula is C28H36N4O4. The summed E-state index contributed by atoms with van der Waals surface area (Å²) >= 11 is 0. The van der Waals surface area contributed by atoms with Crippen LogP contribution in [-0.4, -0.2) is 72.0 Å². The van der Waals surface area contributed by atoms with Crippen molar-refractivity contribution in [1.82, 2.24) is 15.1 Å². The van der Waals surface area contributed by atoms with Crippen molar-refractivity contribution in [2.75, 3.05) is 26.2 Å². The lowest BCUT2D eigenvalue weighted by Crippen LogP contribution is -2.52. The number of ether oxygens (including phenoxy) is 1.